The number of carboxylic acid groups (broad SMARTS) is 1. The molecule has 37 heavy (non-hydrogen) atoms. The highest BCUT2D eigenvalue weighted by atomic mass is 28.4. The fourth-order valence-corrected chi connectivity index (χ4v) is 5.68. The van der Waals surface area contributed by atoms with Gasteiger partial charge in [0, 0.05) is 28.9 Å². The van der Waals surface area contributed by atoms with Gasteiger partial charge in [-0.1, -0.05) is 51.1 Å². The third-order valence-electron chi connectivity index (χ3n) is 7.12. The molecule has 0 spiro atoms. The monoisotopic (exact) mass is 523 g/mol. The maximum atomic E-state index is 13.7. The van der Waals surface area contributed by atoms with Crippen molar-refractivity contribution in [3.05, 3.63) is 66.1 Å². The normalized spacial score (nSPS) is 13.5. The lowest BCUT2D eigenvalue weighted by molar-refractivity contribution is -0.139. The maximum absolute atomic E-state index is 13.7. The molecular formula is C30H38FNO4Si. The Bertz CT molecular complexity index is 1300. The molecule has 0 bridgehead atoms. The van der Waals surface area contributed by atoms with E-state index in [2.05, 4.69) is 52.3 Å². The average Bonchev–Trinajstić information content (AvgIpc) is 3.11. The minimum atomic E-state index is -2.27. The summed E-state index contributed by atoms with van der Waals surface area (Å²) in [7, 11) is -2.27. The van der Waals surface area contributed by atoms with Gasteiger partial charge in [0.15, 0.2) is 14.1 Å². The predicted molar refractivity (Wildman–Crippen MR) is 151 cm³/mol. The summed E-state index contributed by atoms with van der Waals surface area (Å²) in [4.78, 5) is 24.7. The highest BCUT2D eigenvalue weighted by Crippen LogP contribution is 2.39. The zero-order valence-corrected chi connectivity index (χ0v) is 23.8. The minimum absolute atomic E-state index is 0.0108. The second-order valence-electron chi connectivity index (χ2n) is 11.3. The second kappa shape index (κ2) is 11.2. The van der Waals surface area contributed by atoms with Crippen molar-refractivity contribution in [1.82, 2.24) is 4.57 Å². The molecule has 7 heteroatoms. The van der Waals surface area contributed by atoms with Crippen molar-refractivity contribution in [3.8, 4) is 11.1 Å². The molecule has 0 aliphatic heterocycles. The van der Waals surface area contributed by atoms with Crippen LogP contribution in [0.3, 0.4) is 0 Å². The van der Waals surface area contributed by atoms with Crippen LogP contribution in [-0.2, 0) is 14.0 Å². The zero-order chi connectivity index (χ0) is 27.5. The van der Waals surface area contributed by atoms with Gasteiger partial charge >= 0.3 is 5.97 Å². The molecule has 5 nitrogen and oxygen atoms in total. The Morgan fingerprint density at radius 2 is 1.68 bits per heavy atom. The molecular weight excluding hydrogens is 485 g/mol. The van der Waals surface area contributed by atoms with Gasteiger partial charge < -0.3 is 14.1 Å². The number of benzene rings is 2. The van der Waals surface area contributed by atoms with E-state index in [4.69, 9.17) is 4.43 Å². The van der Waals surface area contributed by atoms with Crippen LogP contribution in [0.25, 0.3) is 28.1 Å². The van der Waals surface area contributed by atoms with Crippen LogP contribution in [0.15, 0.2) is 54.6 Å². The van der Waals surface area contributed by atoms with Crippen LogP contribution >= 0.6 is 0 Å². The molecule has 0 aliphatic rings. The minimum Gasteiger partial charge on any atom is -0.481 e. The second-order valence-corrected chi connectivity index (χ2v) is 16.1. The number of hydrogen-bond acceptors (Lipinski definition) is 3. The molecule has 1 aromatic heterocycles. The summed E-state index contributed by atoms with van der Waals surface area (Å²) >= 11 is 0. The number of allylic oxidation sites excluding steroid dienone is 1. The summed E-state index contributed by atoms with van der Waals surface area (Å²) in [6.45, 7) is 14.5. The van der Waals surface area contributed by atoms with Crippen LogP contribution in [0.4, 0.5) is 4.39 Å². The highest BCUT2D eigenvalue weighted by molar-refractivity contribution is 6.74. The largest absolute Gasteiger partial charge is 0.481 e. The van der Waals surface area contributed by atoms with E-state index in [1.54, 1.807) is 18.2 Å². The molecule has 198 valence electrons. The number of aliphatic carboxylic acids is 1. The van der Waals surface area contributed by atoms with E-state index in [0.29, 0.717) is 0 Å². The standard InChI is InChI=1S/C30H38FNO4Si/c1-20(2)32-26-11-9-8-10-25(26)29(21-12-14-22(31)15-13-21)27(32)17-16-23(33)18-24(19-28(34)35)36-37(6,7)30(3,4)5/h8-17,20,24H,18-19H2,1-7H3,(H,34,35)/t24-/m0/s1. The topological polar surface area (TPSA) is 68.5 Å². The highest BCUT2D eigenvalue weighted by Gasteiger charge is 2.39. The fraction of sp³-hybridized carbons (Fsp3) is 0.400. The molecule has 0 saturated heterocycles. The van der Waals surface area contributed by atoms with Crippen molar-refractivity contribution < 1.29 is 23.5 Å². The smallest absolute Gasteiger partial charge is 0.305 e. The molecule has 3 aromatic rings. The summed E-state index contributed by atoms with van der Waals surface area (Å²) in [5.74, 6) is -1.50. The number of para-hydroxylation sites is 1. The van der Waals surface area contributed by atoms with Gasteiger partial charge in [0.1, 0.15) is 5.82 Å². The Labute approximate surface area is 220 Å². The van der Waals surface area contributed by atoms with Crippen LogP contribution in [0, 0.1) is 5.82 Å². The van der Waals surface area contributed by atoms with Crippen molar-refractivity contribution in [2.75, 3.05) is 0 Å². The van der Waals surface area contributed by atoms with Crippen molar-refractivity contribution in [3.63, 3.8) is 0 Å². The average molecular weight is 524 g/mol. The first kappa shape index (κ1) is 28.5. The van der Waals surface area contributed by atoms with Crippen molar-refractivity contribution >= 4 is 37.0 Å². The lowest BCUT2D eigenvalue weighted by atomic mass is 10.0. The number of carboxylic acids is 1. The lowest BCUT2D eigenvalue weighted by Gasteiger charge is -2.38. The quantitative estimate of drug-likeness (QED) is 0.217. The Balaban J connectivity index is 2.01. The molecule has 2 aromatic carbocycles. The van der Waals surface area contributed by atoms with Gasteiger partial charge in [0.05, 0.1) is 18.2 Å². The van der Waals surface area contributed by atoms with Gasteiger partial charge in [-0.15, -0.1) is 0 Å². The molecule has 1 N–H and O–H groups in total. The van der Waals surface area contributed by atoms with Crippen LogP contribution in [0.5, 0.6) is 0 Å². The summed E-state index contributed by atoms with van der Waals surface area (Å²) < 4.78 is 22.2. The van der Waals surface area contributed by atoms with Crippen molar-refractivity contribution in [1.29, 1.82) is 0 Å². The Hall–Kier alpha value is -3.03. The third-order valence-corrected chi connectivity index (χ3v) is 11.7. The molecule has 0 amide bonds. The number of aromatic nitrogens is 1. The number of fused-ring (bicyclic) bond motifs is 1. The molecule has 0 radical (unpaired) electrons. The molecule has 0 aliphatic carbocycles. The number of nitrogens with zero attached hydrogens (tertiary/aromatic N) is 1. The van der Waals surface area contributed by atoms with Gasteiger partial charge in [-0.3, -0.25) is 9.59 Å². The summed E-state index contributed by atoms with van der Waals surface area (Å²) in [5.41, 5.74) is 3.65. The van der Waals surface area contributed by atoms with Gasteiger partial charge in [0.25, 0.3) is 0 Å². The van der Waals surface area contributed by atoms with E-state index >= 15 is 0 Å². The van der Waals surface area contributed by atoms with Crippen molar-refractivity contribution in [2.24, 2.45) is 0 Å². The maximum Gasteiger partial charge on any atom is 0.305 e. The lowest BCUT2D eigenvalue weighted by Crippen LogP contribution is -2.44. The molecule has 0 fully saturated rings. The Morgan fingerprint density at radius 1 is 1.05 bits per heavy atom. The number of rotatable bonds is 10. The number of carbonyl (C=O) groups excluding carboxylic acids is 1. The SMILES string of the molecule is CC(C)n1c(C=CC(=O)C[C@@H](CC(=O)O)O[Si](C)(C)C(C)(C)C)c(-c2ccc(F)cc2)c2ccccc21. The number of carbonyl (C=O) groups is 2. The predicted octanol–water partition coefficient (Wildman–Crippen LogP) is 7.87. The van der Waals surface area contributed by atoms with E-state index in [-0.39, 0.29) is 35.5 Å². The molecule has 1 heterocycles. The Morgan fingerprint density at radius 3 is 2.24 bits per heavy atom. The molecule has 3 rings (SSSR count). The van der Waals surface area contributed by atoms with E-state index in [9.17, 15) is 19.1 Å². The first-order chi connectivity index (χ1) is 17.2. The first-order valence-electron chi connectivity index (χ1n) is 12.7. The van der Waals surface area contributed by atoms with Crippen LogP contribution in [0.2, 0.25) is 18.1 Å². The van der Waals surface area contributed by atoms with Crippen LogP contribution in [-0.4, -0.2) is 35.8 Å². The van der Waals surface area contributed by atoms with E-state index in [1.807, 2.05) is 24.3 Å². The van der Waals surface area contributed by atoms with Gasteiger partial charge in [-0.25, -0.2) is 4.39 Å². The zero-order valence-electron chi connectivity index (χ0n) is 22.8. The summed E-state index contributed by atoms with van der Waals surface area (Å²) in [6.07, 6.45) is 2.39. The van der Waals surface area contributed by atoms with Gasteiger partial charge in [-0.05, 0) is 67.9 Å². The van der Waals surface area contributed by atoms with E-state index in [1.165, 1.54) is 18.2 Å². The number of hydrogen-bond donors (Lipinski definition) is 1. The third kappa shape index (κ3) is 6.65. The number of halogens is 1. The number of ketones is 1. The summed E-state index contributed by atoms with van der Waals surface area (Å²) in [5, 5.41) is 10.3. The van der Waals surface area contributed by atoms with Crippen LogP contribution < -0.4 is 0 Å². The van der Waals surface area contributed by atoms with E-state index in [0.717, 1.165) is 27.7 Å². The van der Waals surface area contributed by atoms with Gasteiger partial charge in [0.2, 0.25) is 0 Å². The molecule has 0 saturated carbocycles. The summed E-state index contributed by atoms with van der Waals surface area (Å²) in [6, 6.07) is 14.5. The van der Waals surface area contributed by atoms with Crippen LogP contribution in [0.1, 0.15) is 59.2 Å². The molecule has 0 unspecified atom stereocenters. The van der Waals surface area contributed by atoms with E-state index < -0.39 is 20.4 Å². The van der Waals surface area contributed by atoms with Gasteiger partial charge in [-0.2, -0.15) is 0 Å². The Kier molecular flexibility index (Phi) is 8.60. The van der Waals surface area contributed by atoms with Crippen molar-refractivity contribution in [2.45, 2.75) is 77.7 Å². The first-order valence-corrected chi connectivity index (χ1v) is 15.6. The fourth-order valence-electron chi connectivity index (χ4n) is 4.33. The molecule has 1 atom stereocenters.